The molecule has 1 heterocycles. The highest BCUT2D eigenvalue weighted by molar-refractivity contribution is 6.32. The third-order valence-electron chi connectivity index (χ3n) is 6.04. The molecule has 0 spiro atoms. The summed E-state index contributed by atoms with van der Waals surface area (Å²) in [4.78, 5) is 14.0. The molecular weight excluding hydrogens is 452 g/mol. The van der Waals surface area contributed by atoms with Crippen LogP contribution in [-0.4, -0.2) is 27.0 Å². The number of benzene rings is 2. The Morgan fingerprint density at radius 2 is 1.97 bits per heavy atom. The summed E-state index contributed by atoms with van der Waals surface area (Å²) in [6, 6.07) is 5.33. The molecule has 10 heteroatoms. The van der Waals surface area contributed by atoms with Gasteiger partial charge in [-0.3, -0.25) is 4.79 Å². The van der Waals surface area contributed by atoms with Crippen molar-refractivity contribution in [2.24, 2.45) is 0 Å². The Hall–Kier alpha value is -2.78. The van der Waals surface area contributed by atoms with Crippen LogP contribution >= 0.6 is 11.6 Å². The minimum atomic E-state index is -5.04. The fourth-order valence-corrected chi connectivity index (χ4v) is 4.63. The van der Waals surface area contributed by atoms with E-state index in [1.165, 1.54) is 18.2 Å². The first-order valence-electron chi connectivity index (χ1n) is 9.85. The molecule has 5 nitrogen and oxygen atoms in total. The number of fused-ring (bicyclic) bond motifs is 2. The van der Waals surface area contributed by atoms with Gasteiger partial charge < -0.3 is 20.5 Å². The zero-order chi connectivity index (χ0) is 23.4. The van der Waals surface area contributed by atoms with Crippen molar-refractivity contribution in [3.8, 4) is 5.75 Å². The number of aliphatic hydroxyl groups is 1. The number of nitrogens with one attached hydrogen (secondary N) is 2. The zero-order valence-corrected chi connectivity index (χ0v) is 17.5. The maximum Gasteiger partial charge on any atom is 0.419 e. The Bertz CT molecular complexity index is 1260. The number of anilines is 1. The molecule has 0 saturated carbocycles. The zero-order valence-electron chi connectivity index (χ0n) is 16.7. The van der Waals surface area contributed by atoms with Gasteiger partial charge in [0.1, 0.15) is 11.6 Å². The molecule has 0 unspecified atom stereocenters. The summed E-state index contributed by atoms with van der Waals surface area (Å²) in [6.07, 6.45) is -5.55. The number of phenolic OH excluding ortho intramolecular Hbond substituents is 1. The first-order chi connectivity index (χ1) is 15.0. The van der Waals surface area contributed by atoms with Gasteiger partial charge in [0, 0.05) is 22.7 Å². The predicted octanol–water partition coefficient (Wildman–Crippen LogP) is 5.37. The smallest absolute Gasteiger partial charge is 0.419 e. The first kappa shape index (κ1) is 22.4. The molecule has 0 fully saturated rings. The highest BCUT2D eigenvalue weighted by Gasteiger charge is 2.62. The highest BCUT2D eigenvalue weighted by Crippen LogP contribution is 2.56. The van der Waals surface area contributed by atoms with Gasteiger partial charge in [0.2, 0.25) is 5.56 Å². The third kappa shape index (κ3) is 3.49. The molecule has 0 aliphatic heterocycles. The molecule has 3 aromatic rings. The van der Waals surface area contributed by atoms with Gasteiger partial charge in [0.25, 0.3) is 0 Å². The van der Waals surface area contributed by atoms with Crippen molar-refractivity contribution in [2.45, 2.75) is 43.5 Å². The van der Waals surface area contributed by atoms with Crippen molar-refractivity contribution in [2.75, 3.05) is 5.32 Å². The van der Waals surface area contributed by atoms with Crippen LogP contribution in [-0.2, 0) is 0 Å². The Morgan fingerprint density at radius 1 is 1.25 bits per heavy atom. The average Bonchev–Trinajstić information content (AvgIpc) is 2.70. The first-order valence-corrected chi connectivity index (χ1v) is 10.2. The lowest BCUT2D eigenvalue weighted by atomic mass is 9.69. The van der Waals surface area contributed by atoms with Gasteiger partial charge in [-0.2, -0.15) is 13.2 Å². The molecule has 0 amide bonds. The molecule has 0 saturated heterocycles. The topological polar surface area (TPSA) is 85.4 Å². The lowest BCUT2D eigenvalue weighted by Crippen LogP contribution is -2.55. The molecular formula is C22H19ClF4N2O3. The summed E-state index contributed by atoms with van der Waals surface area (Å²) in [5.41, 5.74) is -3.49. The van der Waals surface area contributed by atoms with Gasteiger partial charge >= 0.3 is 6.18 Å². The number of hydrogen-bond donors (Lipinski definition) is 4. The van der Waals surface area contributed by atoms with E-state index in [4.69, 9.17) is 11.6 Å². The number of H-pyrrole nitrogens is 1. The highest BCUT2D eigenvalue weighted by atomic mass is 35.5. The number of aromatic nitrogens is 1. The second kappa shape index (κ2) is 7.67. The van der Waals surface area contributed by atoms with Gasteiger partial charge in [0.15, 0.2) is 5.60 Å². The van der Waals surface area contributed by atoms with E-state index < -0.39 is 41.5 Å². The summed E-state index contributed by atoms with van der Waals surface area (Å²) in [7, 11) is 0. The molecule has 0 bridgehead atoms. The van der Waals surface area contributed by atoms with Crippen molar-refractivity contribution in [1.82, 2.24) is 4.98 Å². The fraction of sp³-hybridized carbons (Fsp3) is 0.318. The Balaban J connectivity index is 1.96. The summed E-state index contributed by atoms with van der Waals surface area (Å²) in [6.45, 7) is 1.65. The van der Waals surface area contributed by atoms with Crippen LogP contribution in [0.25, 0.3) is 10.9 Å². The Labute approximate surface area is 184 Å². The summed E-state index contributed by atoms with van der Waals surface area (Å²) in [5.74, 6) is -1.95. The third-order valence-corrected chi connectivity index (χ3v) is 6.35. The fourth-order valence-electron chi connectivity index (χ4n) is 4.46. The number of aromatic hydroxyl groups is 1. The van der Waals surface area contributed by atoms with E-state index in [-0.39, 0.29) is 44.9 Å². The number of halogens is 5. The molecule has 0 radical (unpaired) electrons. The number of hydrogen-bond acceptors (Lipinski definition) is 4. The van der Waals surface area contributed by atoms with E-state index in [0.717, 1.165) is 18.2 Å². The lowest BCUT2D eigenvalue weighted by molar-refractivity contribution is -0.272. The van der Waals surface area contributed by atoms with Crippen LogP contribution < -0.4 is 10.9 Å². The number of aromatic amines is 1. The summed E-state index contributed by atoms with van der Waals surface area (Å²) in [5, 5.41) is 24.4. The van der Waals surface area contributed by atoms with Gasteiger partial charge in [0.05, 0.1) is 16.6 Å². The van der Waals surface area contributed by atoms with E-state index in [9.17, 15) is 32.6 Å². The van der Waals surface area contributed by atoms with Crippen molar-refractivity contribution in [3.05, 3.63) is 68.7 Å². The number of pyridine rings is 1. The van der Waals surface area contributed by atoms with Crippen molar-refractivity contribution in [1.29, 1.82) is 0 Å². The Kier molecular flexibility index (Phi) is 5.37. The van der Waals surface area contributed by atoms with E-state index in [1.54, 1.807) is 6.92 Å². The second-order valence-electron chi connectivity index (χ2n) is 7.94. The minimum absolute atomic E-state index is 0.00617. The van der Waals surface area contributed by atoms with Gasteiger partial charge in [-0.15, -0.1) is 0 Å². The predicted molar refractivity (Wildman–Crippen MR) is 113 cm³/mol. The standard InChI is InChI=1S/C22H19ClF4N2O3/c1-2-10-9-21(32,22(25,26)27)20(13-3-5-14(23)19(31)18(10)13)29-16-8-11(24)7-15-12(16)4-6-17(30)28-15/h3-8,10,20,29,31-32H,2,9H2,1H3,(H,28,30)/t10-,20+,21-/m0/s1. The number of alkyl halides is 3. The van der Waals surface area contributed by atoms with Crippen molar-refractivity contribution < 1.29 is 27.8 Å². The molecule has 3 atom stereocenters. The van der Waals surface area contributed by atoms with Gasteiger partial charge in [-0.25, -0.2) is 4.39 Å². The van der Waals surface area contributed by atoms with Crippen LogP contribution in [0, 0.1) is 5.82 Å². The summed E-state index contributed by atoms with van der Waals surface area (Å²) >= 11 is 6.01. The largest absolute Gasteiger partial charge is 0.506 e. The Morgan fingerprint density at radius 3 is 2.62 bits per heavy atom. The van der Waals surface area contributed by atoms with E-state index in [2.05, 4.69) is 10.3 Å². The van der Waals surface area contributed by atoms with Crippen LogP contribution in [0.15, 0.2) is 41.2 Å². The number of phenols is 1. The molecule has 1 aliphatic rings. The van der Waals surface area contributed by atoms with Crippen molar-refractivity contribution >= 4 is 28.2 Å². The van der Waals surface area contributed by atoms with E-state index >= 15 is 0 Å². The molecule has 2 aromatic carbocycles. The van der Waals surface area contributed by atoms with Crippen LogP contribution in [0.3, 0.4) is 0 Å². The maximum atomic E-state index is 14.2. The normalized spacial score (nSPS) is 23.2. The molecule has 1 aliphatic carbocycles. The van der Waals surface area contributed by atoms with Crippen LogP contribution in [0.2, 0.25) is 5.02 Å². The quantitative estimate of drug-likeness (QED) is 0.388. The maximum absolute atomic E-state index is 14.2. The molecule has 170 valence electrons. The van der Waals surface area contributed by atoms with E-state index in [1.807, 2.05) is 0 Å². The molecule has 4 N–H and O–H groups in total. The monoisotopic (exact) mass is 470 g/mol. The van der Waals surface area contributed by atoms with Crippen LogP contribution in [0.5, 0.6) is 5.75 Å². The minimum Gasteiger partial charge on any atom is -0.506 e. The average molecular weight is 471 g/mol. The number of rotatable bonds is 3. The van der Waals surface area contributed by atoms with Gasteiger partial charge in [-0.05, 0) is 48.6 Å². The van der Waals surface area contributed by atoms with Crippen LogP contribution in [0.1, 0.15) is 42.9 Å². The molecule has 4 rings (SSSR count). The lowest BCUT2D eigenvalue weighted by Gasteiger charge is -2.46. The SMILES string of the molecule is CC[C@H]1C[C@@](O)(C(F)(F)F)[C@H](Nc2cc(F)cc3[nH]c(=O)ccc23)c2ccc(Cl)c(O)c21. The molecule has 32 heavy (non-hydrogen) atoms. The molecule has 1 aromatic heterocycles. The summed E-state index contributed by atoms with van der Waals surface area (Å²) < 4.78 is 56.9. The van der Waals surface area contributed by atoms with Crippen molar-refractivity contribution in [3.63, 3.8) is 0 Å². The second-order valence-corrected chi connectivity index (χ2v) is 8.35. The van der Waals surface area contributed by atoms with Gasteiger partial charge in [-0.1, -0.05) is 24.6 Å². The van der Waals surface area contributed by atoms with E-state index in [0.29, 0.717) is 0 Å². The van der Waals surface area contributed by atoms with Crippen LogP contribution in [0.4, 0.5) is 23.2 Å².